The summed E-state index contributed by atoms with van der Waals surface area (Å²) in [7, 11) is 1.23. The maximum Gasteiger partial charge on any atom is 0.433 e. The highest BCUT2D eigenvalue weighted by atomic mass is 16.6. The number of hydrogen-bond donors (Lipinski definition) is 0. The second kappa shape index (κ2) is 5.21. The lowest BCUT2D eigenvalue weighted by molar-refractivity contribution is -0.402. The van der Waals surface area contributed by atoms with Gasteiger partial charge in [-0.05, 0) is 24.3 Å². The van der Waals surface area contributed by atoms with E-state index in [4.69, 9.17) is 8.83 Å². The van der Waals surface area contributed by atoms with Crippen LogP contribution < -0.4 is 0 Å². The highest BCUT2D eigenvalue weighted by Crippen LogP contribution is 2.23. The lowest BCUT2D eigenvalue weighted by Crippen LogP contribution is -2.02. The van der Waals surface area contributed by atoms with Gasteiger partial charge in [0, 0.05) is 0 Å². The summed E-state index contributed by atoms with van der Waals surface area (Å²) >= 11 is 0. The summed E-state index contributed by atoms with van der Waals surface area (Å²) in [4.78, 5) is 21.5. The van der Waals surface area contributed by atoms with Crippen LogP contribution in [-0.4, -0.2) is 18.0 Å². The molecule has 0 aliphatic heterocycles. The van der Waals surface area contributed by atoms with Crippen LogP contribution in [0.5, 0.6) is 0 Å². The van der Waals surface area contributed by atoms with Gasteiger partial charge in [0.15, 0.2) is 0 Å². The SMILES string of the molecule is COC(=O)/C(=C\c1ccc([N+](=O)[O-])o1)c1ccco1. The van der Waals surface area contributed by atoms with Crippen molar-refractivity contribution in [1.82, 2.24) is 0 Å². The number of carbonyl (C=O) groups excluding carboxylic acids is 1. The molecule has 0 atom stereocenters. The summed E-state index contributed by atoms with van der Waals surface area (Å²) in [6.07, 6.45) is 2.72. The van der Waals surface area contributed by atoms with Crippen molar-refractivity contribution in [3.8, 4) is 0 Å². The monoisotopic (exact) mass is 263 g/mol. The predicted molar refractivity (Wildman–Crippen MR) is 64.0 cm³/mol. The Bertz CT molecular complexity index is 622. The Morgan fingerprint density at radius 3 is 2.74 bits per heavy atom. The van der Waals surface area contributed by atoms with Crippen LogP contribution >= 0.6 is 0 Å². The fourth-order valence-corrected chi connectivity index (χ4v) is 1.43. The molecule has 2 aromatic rings. The first-order valence-electron chi connectivity index (χ1n) is 5.20. The molecule has 7 heteroatoms. The van der Waals surface area contributed by atoms with Gasteiger partial charge in [0.2, 0.25) is 0 Å². The molecule has 0 unspecified atom stereocenters. The number of furan rings is 2. The topological polar surface area (TPSA) is 95.7 Å². The first kappa shape index (κ1) is 12.6. The van der Waals surface area contributed by atoms with Crippen LogP contribution in [-0.2, 0) is 9.53 Å². The van der Waals surface area contributed by atoms with E-state index in [0.29, 0.717) is 0 Å². The summed E-state index contributed by atoms with van der Waals surface area (Å²) in [6, 6.07) is 5.75. The summed E-state index contributed by atoms with van der Waals surface area (Å²) in [6.45, 7) is 0. The molecule has 0 radical (unpaired) electrons. The second-order valence-electron chi connectivity index (χ2n) is 3.46. The van der Waals surface area contributed by atoms with Crippen LogP contribution in [0, 0.1) is 10.1 Å². The zero-order valence-corrected chi connectivity index (χ0v) is 9.86. The van der Waals surface area contributed by atoms with Crippen molar-refractivity contribution in [3.05, 3.63) is 52.2 Å². The normalized spacial score (nSPS) is 11.3. The number of ether oxygens (including phenoxy) is 1. The van der Waals surface area contributed by atoms with Gasteiger partial charge >= 0.3 is 11.9 Å². The number of carbonyl (C=O) groups is 1. The van der Waals surface area contributed by atoms with Gasteiger partial charge in [0.05, 0.1) is 19.4 Å². The number of hydrogen-bond acceptors (Lipinski definition) is 6. The molecule has 2 rings (SSSR count). The minimum Gasteiger partial charge on any atom is -0.465 e. The van der Waals surface area contributed by atoms with Gasteiger partial charge in [-0.15, -0.1) is 0 Å². The Labute approximate surface area is 107 Å². The Morgan fingerprint density at radius 2 is 2.21 bits per heavy atom. The number of esters is 1. The van der Waals surface area contributed by atoms with Crippen molar-refractivity contribution < 1.29 is 23.3 Å². The minimum atomic E-state index is -0.665. The Kier molecular flexibility index (Phi) is 3.46. The molecular formula is C12H9NO6. The van der Waals surface area contributed by atoms with Crippen molar-refractivity contribution in [2.45, 2.75) is 0 Å². The molecule has 0 saturated heterocycles. The van der Waals surface area contributed by atoms with Gasteiger partial charge in [-0.3, -0.25) is 10.1 Å². The molecule has 98 valence electrons. The van der Waals surface area contributed by atoms with E-state index in [1.807, 2.05) is 0 Å². The molecule has 0 aliphatic rings. The molecule has 0 spiro atoms. The van der Waals surface area contributed by atoms with Crippen molar-refractivity contribution in [2.24, 2.45) is 0 Å². The molecule has 2 heterocycles. The van der Waals surface area contributed by atoms with Crippen molar-refractivity contribution in [3.63, 3.8) is 0 Å². The molecule has 7 nitrogen and oxygen atoms in total. The molecule has 0 bridgehead atoms. The van der Waals surface area contributed by atoms with Gasteiger partial charge in [0.1, 0.15) is 22.0 Å². The first-order valence-corrected chi connectivity index (χ1v) is 5.20. The molecule has 0 aliphatic carbocycles. The van der Waals surface area contributed by atoms with Crippen LogP contribution in [0.3, 0.4) is 0 Å². The minimum absolute atomic E-state index is 0.108. The van der Waals surface area contributed by atoms with E-state index in [1.54, 1.807) is 12.1 Å². The number of methoxy groups -OCH3 is 1. The molecule has 0 N–H and O–H groups in total. The van der Waals surface area contributed by atoms with E-state index < -0.39 is 16.8 Å². The van der Waals surface area contributed by atoms with Gasteiger partial charge in [-0.2, -0.15) is 0 Å². The molecule has 2 aromatic heterocycles. The van der Waals surface area contributed by atoms with Crippen LogP contribution in [0.4, 0.5) is 5.88 Å². The summed E-state index contributed by atoms with van der Waals surface area (Å²) in [5, 5.41) is 10.5. The van der Waals surface area contributed by atoms with Crippen molar-refractivity contribution in [1.29, 1.82) is 0 Å². The summed E-state index contributed by atoms with van der Waals surface area (Å²) in [5.74, 6) is -0.599. The number of nitro groups is 1. The zero-order valence-electron chi connectivity index (χ0n) is 9.86. The maximum absolute atomic E-state index is 11.6. The highest BCUT2D eigenvalue weighted by Gasteiger charge is 2.17. The average molecular weight is 263 g/mol. The van der Waals surface area contributed by atoms with Gasteiger partial charge in [0.25, 0.3) is 0 Å². The quantitative estimate of drug-likeness (QED) is 0.364. The molecule has 0 aromatic carbocycles. The Morgan fingerprint density at radius 1 is 1.42 bits per heavy atom. The molecule has 0 saturated carbocycles. The average Bonchev–Trinajstić information content (AvgIpc) is 3.05. The highest BCUT2D eigenvalue weighted by molar-refractivity contribution is 6.20. The van der Waals surface area contributed by atoms with E-state index in [1.165, 1.54) is 31.6 Å². The second-order valence-corrected chi connectivity index (χ2v) is 3.46. The van der Waals surface area contributed by atoms with E-state index in [2.05, 4.69) is 4.74 Å². The third-order valence-corrected chi connectivity index (χ3v) is 2.27. The molecule has 0 amide bonds. The van der Waals surface area contributed by atoms with Crippen LogP contribution in [0.2, 0.25) is 0 Å². The fraction of sp³-hybridized carbons (Fsp3) is 0.0833. The number of rotatable bonds is 4. The van der Waals surface area contributed by atoms with E-state index >= 15 is 0 Å². The van der Waals surface area contributed by atoms with Crippen molar-refractivity contribution in [2.75, 3.05) is 7.11 Å². The fourth-order valence-electron chi connectivity index (χ4n) is 1.43. The molecular weight excluding hydrogens is 254 g/mol. The van der Waals surface area contributed by atoms with Crippen LogP contribution in [0.25, 0.3) is 11.6 Å². The zero-order chi connectivity index (χ0) is 13.8. The van der Waals surface area contributed by atoms with E-state index in [-0.39, 0.29) is 17.1 Å². The summed E-state index contributed by atoms with van der Waals surface area (Å²) < 4.78 is 14.7. The van der Waals surface area contributed by atoms with Crippen LogP contribution in [0.15, 0.2) is 39.4 Å². The van der Waals surface area contributed by atoms with Gasteiger partial charge in [-0.25, -0.2) is 4.79 Å². The van der Waals surface area contributed by atoms with Gasteiger partial charge < -0.3 is 13.6 Å². The van der Waals surface area contributed by atoms with E-state index in [9.17, 15) is 14.9 Å². The van der Waals surface area contributed by atoms with Crippen molar-refractivity contribution >= 4 is 23.5 Å². The smallest absolute Gasteiger partial charge is 0.433 e. The van der Waals surface area contributed by atoms with E-state index in [0.717, 1.165) is 0 Å². The largest absolute Gasteiger partial charge is 0.465 e. The third-order valence-electron chi connectivity index (χ3n) is 2.27. The maximum atomic E-state index is 11.6. The standard InChI is InChI=1S/C12H9NO6/c1-17-12(14)9(10-3-2-6-18-10)7-8-4-5-11(19-8)13(15)16/h2-7H,1H3/b9-7-. The third kappa shape index (κ3) is 2.71. The molecule has 0 fully saturated rings. The lowest BCUT2D eigenvalue weighted by atomic mass is 10.2. The Hall–Kier alpha value is -2.83. The van der Waals surface area contributed by atoms with Gasteiger partial charge in [-0.1, -0.05) is 0 Å². The number of nitrogens with zero attached hydrogens (tertiary/aromatic N) is 1. The first-order chi connectivity index (χ1) is 9.11. The van der Waals surface area contributed by atoms with Crippen LogP contribution in [0.1, 0.15) is 11.5 Å². The predicted octanol–water partition coefficient (Wildman–Crippen LogP) is 2.49. The summed E-state index contributed by atoms with van der Waals surface area (Å²) in [5.41, 5.74) is 0.108. The lowest BCUT2D eigenvalue weighted by Gasteiger charge is -2.00. The Balaban J connectivity index is 2.39. The molecule has 19 heavy (non-hydrogen) atoms.